The van der Waals surface area contributed by atoms with E-state index in [1.165, 1.54) is 11.3 Å². The molecule has 0 saturated carbocycles. The Morgan fingerprint density at radius 1 is 1.19 bits per heavy atom. The molecule has 3 heterocycles. The van der Waals surface area contributed by atoms with Crippen LogP contribution in [0.5, 0.6) is 0 Å². The van der Waals surface area contributed by atoms with E-state index in [1.807, 2.05) is 29.8 Å². The lowest BCUT2D eigenvalue weighted by atomic mass is 10.2. The smallest absolute Gasteiger partial charge is 0.338 e. The Bertz CT molecular complexity index is 992. The highest BCUT2D eigenvalue weighted by Gasteiger charge is 2.20. The van der Waals surface area contributed by atoms with E-state index in [4.69, 9.17) is 9.15 Å². The molecule has 130 valence electrons. The van der Waals surface area contributed by atoms with Crippen LogP contribution in [0.4, 0.5) is 0 Å². The summed E-state index contributed by atoms with van der Waals surface area (Å²) in [5, 5.41) is 14.0. The molecule has 4 rings (SSSR count). The van der Waals surface area contributed by atoms with Crippen LogP contribution in [-0.2, 0) is 4.74 Å². The van der Waals surface area contributed by atoms with Crippen LogP contribution in [-0.4, -0.2) is 25.9 Å². The first-order valence-electron chi connectivity index (χ1n) is 7.89. The number of esters is 1. The van der Waals surface area contributed by atoms with E-state index in [9.17, 15) is 4.79 Å². The number of aromatic nitrogens is 4. The number of ether oxygens (including phenoxy) is 1. The molecule has 0 bridgehead atoms. The quantitative estimate of drug-likeness (QED) is 0.498. The normalized spacial score (nSPS) is 12.0. The highest BCUT2D eigenvalue weighted by atomic mass is 32.1. The summed E-state index contributed by atoms with van der Waals surface area (Å²) in [7, 11) is 0. The number of rotatable bonds is 5. The van der Waals surface area contributed by atoms with Gasteiger partial charge in [0.25, 0.3) is 11.8 Å². The molecule has 0 N–H and O–H groups in total. The molecular formula is C18H14N4O3S. The monoisotopic (exact) mass is 366 g/mol. The van der Waals surface area contributed by atoms with Gasteiger partial charge in [-0.1, -0.05) is 6.07 Å². The second-order valence-corrected chi connectivity index (χ2v) is 6.42. The Labute approximate surface area is 152 Å². The Balaban J connectivity index is 1.44. The summed E-state index contributed by atoms with van der Waals surface area (Å²) < 4.78 is 12.7. The number of carbonyl (C=O) groups excluding carboxylic acids is 1. The van der Waals surface area contributed by atoms with Crippen LogP contribution in [0.1, 0.15) is 29.3 Å². The molecule has 8 heteroatoms. The van der Waals surface area contributed by atoms with Crippen LogP contribution in [0.3, 0.4) is 0 Å². The van der Waals surface area contributed by atoms with Crippen molar-refractivity contribution in [3.8, 4) is 16.5 Å². The fourth-order valence-corrected chi connectivity index (χ4v) is 2.99. The van der Waals surface area contributed by atoms with Gasteiger partial charge in [0.05, 0.1) is 16.1 Å². The molecule has 0 spiro atoms. The molecule has 0 aliphatic rings. The summed E-state index contributed by atoms with van der Waals surface area (Å²) in [6, 6.07) is 12.6. The minimum Gasteiger partial charge on any atom is -0.449 e. The molecule has 0 radical (unpaired) electrons. The van der Waals surface area contributed by atoms with Crippen molar-refractivity contribution in [1.82, 2.24) is 20.0 Å². The SMILES string of the molecule is CC(OC(=O)c1ccc(-n2cccn2)cc1)c1nnc(-c2cccs2)o1. The van der Waals surface area contributed by atoms with Crippen LogP contribution in [0.25, 0.3) is 16.5 Å². The number of hydrogen-bond acceptors (Lipinski definition) is 7. The van der Waals surface area contributed by atoms with Crippen LogP contribution >= 0.6 is 11.3 Å². The zero-order valence-electron chi connectivity index (χ0n) is 13.8. The average molecular weight is 366 g/mol. The van der Waals surface area contributed by atoms with Gasteiger partial charge in [-0.2, -0.15) is 5.10 Å². The maximum Gasteiger partial charge on any atom is 0.338 e. The van der Waals surface area contributed by atoms with E-state index < -0.39 is 12.1 Å². The maximum absolute atomic E-state index is 12.3. The van der Waals surface area contributed by atoms with Crippen molar-refractivity contribution in [1.29, 1.82) is 0 Å². The third-order valence-corrected chi connectivity index (χ3v) is 4.53. The molecule has 7 nitrogen and oxygen atoms in total. The van der Waals surface area contributed by atoms with Crippen molar-refractivity contribution in [3.63, 3.8) is 0 Å². The highest BCUT2D eigenvalue weighted by Crippen LogP contribution is 2.26. The summed E-state index contributed by atoms with van der Waals surface area (Å²) in [5.74, 6) is 0.219. The third kappa shape index (κ3) is 3.27. The third-order valence-electron chi connectivity index (χ3n) is 3.68. The first-order valence-corrected chi connectivity index (χ1v) is 8.77. The largest absolute Gasteiger partial charge is 0.449 e. The van der Waals surface area contributed by atoms with E-state index in [0.717, 1.165) is 10.6 Å². The van der Waals surface area contributed by atoms with E-state index >= 15 is 0 Å². The second-order valence-electron chi connectivity index (χ2n) is 5.47. The summed E-state index contributed by atoms with van der Waals surface area (Å²) in [5.41, 5.74) is 1.29. The zero-order valence-corrected chi connectivity index (χ0v) is 14.6. The summed E-state index contributed by atoms with van der Waals surface area (Å²) in [6.07, 6.45) is 2.88. The summed E-state index contributed by atoms with van der Waals surface area (Å²) in [6.45, 7) is 1.70. The molecule has 0 aliphatic heterocycles. The number of benzene rings is 1. The fraction of sp³-hybridized carbons (Fsp3) is 0.111. The summed E-state index contributed by atoms with van der Waals surface area (Å²) in [4.78, 5) is 13.2. The van der Waals surface area contributed by atoms with Gasteiger partial charge in [-0.05, 0) is 48.7 Å². The van der Waals surface area contributed by atoms with Gasteiger partial charge in [0.15, 0.2) is 6.10 Å². The Hall–Kier alpha value is -3.26. The topological polar surface area (TPSA) is 83.0 Å². The molecule has 1 unspecified atom stereocenters. The van der Waals surface area contributed by atoms with Gasteiger partial charge in [0.2, 0.25) is 0 Å². The molecule has 1 aromatic carbocycles. The lowest BCUT2D eigenvalue weighted by Crippen LogP contribution is -2.09. The minimum atomic E-state index is -0.644. The number of nitrogens with zero attached hydrogens (tertiary/aromatic N) is 4. The maximum atomic E-state index is 12.3. The van der Waals surface area contributed by atoms with Crippen molar-refractivity contribution in [2.45, 2.75) is 13.0 Å². The second kappa shape index (κ2) is 6.93. The first-order chi connectivity index (χ1) is 12.7. The predicted molar refractivity (Wildman–Crippen MR) is 95.0 cm³/mol. The van der Waals surface area contributed by atoms with Gasteiger partial charge < -0.3 is 9.15 Å². The highest BCUT2D eigenvalue weighted by molar-refractivity contribution is 7.13. The number of carbonyl (C=O) groups is 1. The van der Waals surface area contributed by atoms with Crippen molar-refractivity contribution in [2.75, 3.05) is 0 Å². The zero-order chi connectivity index (χ0) is 17.9. The van der Waals surface area contributed by atoms with E-state index in [0.29, 0.717) is 11.5 Å². The average Bonchev–Trinajstić information content (AvgIpc) is 3.43. The van der Waals surface area contributed by atoms with Gasteiger partial charge in [0.1, 0.15) is 0 Å². The number of thiophene rings is 1. The molecular weight excluding hydrogens is 352 g/mol. The van der Waals surface area contributed by atoms with E-state index in [1.54, 1.807) is 42.1 Å². The predicted octanol–water partition coefficient (Wildman–Crippen LogP) is 3.90. The Kier molecular flexibility index (Phi) is 4.32. The standard InChI is InChI=1S/C18H14N4O3S/c1-12(16-20-21-17(25-16)15-4-2-11-26-15)24-18(23)13-5-7-14(8-6-13)22-10-3-9-19-22/h2-12H,1H3. The Morgan fingerprint density at radius 2 is 2.04 bits per heavy atom. The van der Waals surface area contributed by atoms with Gasteiger partial charge in [0, 0.05) is 12.4 Å². The minimum absolute atomic E-state index is 0.259. The molecule has 0 aliphatic carbocycles. The van der Waals surface area contributed by atoms with Gasteiger partial charge >= 0.3 is 5.97 Å². The van der Waals surface area contributed by atoms with Crippen molar-refractivity contribution >= 4 is 17.3 Å². The van der Waals surface area contributed by atoms with Crippen LogP contribution < -0.4 is 0 Å². The lowest BCUT2D eigenvalue weighted by molar-refractivity contribution is 0.0280. The van der Waals surface area contributed by atoms with Gasteiger partial charge in [-0.3, -0.25) is 0 Å². The molecule has 0 saturated heterocycles. The van der Waals surface area contributed by atoms with E-state index in [2.05, 4.69) is 15.3 Å². The lowest BCUT2D eigenvalue weighted by Gasteiger charge is -2.09. The first kappa shape index (κ1) is 16.2. The van der Waals surface area contributed by atoms with Crippen LogP contribution in [0.15, 0.2) is 64.7 Å². The van der Waals surface area contributed by atoms with Crippen LogP contribution in [0, 0.1) is 0 Å². The molecule has 0 fully saturated rings. The number of hydrogen-bond donors (Lipinski definition) is 0. The molecule has 4 aromatic rings. The van der Waals surface area contributed by atoms with Crippen molar-refractivity contribution in [3.05, 3.63) is 71.7 Å². The van der Waals surface area contributed by atoms with Crippen molar-refractivity contribution in [2.24, 2.45) is 0 Å². The fourth-order valence-electron chi connectivity index (χ4n) is 2.35. The van der Waals surface area contributed by atoms with Gasteiger partial charge in [-0.25, -0.2) is 9.48 Å². The molecule has 1 atom stereocenters. The summed E-state index contributed by atoms with van der Waals surface area (Å²) >= 11 is 1.50. The van der Waals surface area contributed by atoms with E-state index in [-0.39, 0.29) is 5.89 Å². The van der Waals surface area contributed by atoms with Crippen molar-refractivity contribution < 1.29 is 13.9 Å². The molecule has 26 heavy (non-hydrogen) atoms. The van der Waals surface area contributed by atoms with Gasteiger partial charge in [-0.15, -0.1) is 21.5 Å². The Morgan fingerprint density at radius 3 is 2.73 bits per heavy atom. The molecule has 0 amide bonds. The van der Waals surface area contributed by atoms with Crippen LogP contribution in [0.2, 0.25) is 0 Å². The molecule has 3 aromatic heterocycles.